The van der Waals surface area contributed by atoms with Gasteiger partial charge in [0.1, 0.15) is 29.0 Å². The van der Waals surface area contributed by atoms with E-state index in [1.165, 1.54) is 30.3 Å². The van der Waals surface area contributed by atoms with Gasteiger partial charge in [0.05, 0.1) is 5.56 Å². The number of para-hydroxylation sites is 1. The maximum Gasteiger partial charge on any atom is 0.281 e. The summed E-state index contributed by atoms with van der Waals surface area (Å²) in [5, 5.41) is 1.95. The Labute approximate surface area is 202 Å². The van der Waals surface area contributed by atoms with Crippen molar-refractivity contribution in [2.45, 2.75) is 37.8 Å². The van der Waals surface area contributed by atoms with E-state index in [9.17, 15) is 22.0 Å². The highest BCUT2D eigenvalue weighted by molar-refractivity contribution is 7.90. The quantitative estimate of drug-likeness (QED) is 0.521. The van der Waals surface area contributed by atoms with Gasteiger partial charge in [-0.05, 0) is 62.6 Å². The summed E-state index contributed by atoms with van der Waals surface area (Å²) in [5.41, 5.74) is -0.631. The van der Waals surface area contributed by atoms with Gasteiger partial charge in [0.15, 0.2) is 5.03 Å². The summed E-state index contributed by atoms with van der Waals surface area (Å²) in [6.45, 7) is 6.91. The highest BCUT2D eigenvalue weighted by Gasteiger charge is 2.40. The summed E-state index contributed by atoms with van der Waals surface area (Å²) in [6.07, 6.45) is 2.47. The highest BCUT2D eigenvalue weighted by atomic mass is 32.2. The number of nitrogens with zero attached hydrogens (tertiary/aromatic N) is 3. The van der Waals surface area contributed by atoms with Crippen molar-refractivity contribution in [3.05, 3.63) is 71.9 Å². The molecule has 0 aliphatic carbocycles. The van der Waals surface area contributed by atoms with Crippen molar-refractivity contribution >= 4 is 33.3 Å². The predicted octanol–water partition coefficient (Wildman–Crippen LogP) is 4.24. The molecule has 2 N–H and O–H groups in total. The molecule has 8 nitrogen and oxygen atoms in total. The van der Waals surface area contributed by atoms with Crippen LogP contribution in [0.2, 0.25) is 0 Å². The Morgan fingerprint density at radius 1 is 1.09 bits per heavy atom. The second kappa shape index (κ2) is 9.21. The molecular weight excluding hydrogens is 476 g/mol. The third-order valence-electron chi connectivity index (χ3n) is 6.42. The summed E-state index contributed by atoms with van der Waals surface area (Å²) >= 11 is 0. The summed E-state index contributed by atoms with van der Waals surface area (Å²) in [4.78, 5) is 23.4. The largest absolute Gasteiger partial charge is 0.351 e. The lowest BCUT2D eigenvalue weighted by Crippen LogP contribution is -2.43. The second-order valence-corrected chi connectivity index (χ2v) is 10.5. The number of carbonyl (C=O) groups is 1. The van der Waals surface area contributed by atoms with E-state index in [2.05, 4.69) is 36.1 Å². The SMILES string of the molecule is CC1CCN(c2ncccc2C(=O)NS(=O)(=O)c2cccc(Nc3c(F)cccc3F)n2)C1(C)C. The molecule has 0 bridgehead atoms. The van der Waals surface area contributed by atoms with E-state index < -0.39 is 38.3 Å². The van der Waals surface area contributed by atoms with Gasteiger partial charge in [0.2, 0.25) is 0 Å². The maximum atomic E-state index is 14.0. The second-order valence-electron chi connectivity index (χ2n) is 8.89. The van der Waals surface area contributed by atoms with Gasteiger partial charge in [0, 0.05) is 18.3 Å². The van der Waals surface area contributed by atoms with Crippen LogP contribution in [0.3, 0.4) is 0 Å². The minimum absolute atomic E-state index is 0.112. The summed E-state index contributed by atoms with van der Waals surface area (Å²) < 4.78 is 55.9. The molecule has 35 heavy (non-hydrogen) atoms. The van der Waals surface area contributed by atoms with Crippen LogP contribution < -0.4 is 14.9 Å². The van der Waals surface area contributed by atoms with Crippen LogP contribution >= 0.6 is 0 Å². The van der Waals surface area contributed by atoms with Gasteiger partial charge < -0.3 is 10.2 Å². The molecule has 4 rings (SSSR count). The van der Waals surface area contributed by atoms with Gasteiger partial charge in [-0.1, -0.05) is 19.1 Å². The lowest BCUT2D eigenvalue weighted by Gasteiger charge is -2.36. The first-order valence-electron chi connectivity index (χ1n) is 11.0. The van der Waals surface area contributed by atoms with Crippen LogP contribution in [-0.2, 0) is 10.0 Å². The van der Waals surface area contributed by atoms with Crippen molar-refractivity contribution in [1.82, 2.24) is 14.7 Å². The number of benzene rings is 1. The Kier molecular flexibility index (Phi) is 6.46. The molecule has 184 valence electrons. The van der Waals surface area contributed by atoms with Crippen molar-refractivity contribution in [2.24, 2.45) is 5.92 Å². The Bertz CT molecular complexity index is 1360. The van der Waals surface area contributed by atoms with E-state index in [4.69, 9.17) is 0 Å². The highest BCUT2D eigenvalue weighted by Crippen LogP contribution is 2.38. The molecule has 0 spiro atoms. The number of pyridine rings is 2. The number of hydrogen-bond donors (Lipinski definition) is 2. The lowest BCUT2D eigenvalue weighted by atomic mass is 9.90. The molecule has 11 heteroatoms. The van der Waals surface area contributed by atoms with E-state index >= 15 is 0 Å². The predicted molar refractivity (Wildman–Crippen MR) is 128 cm³/mol. The van der Waals surface area contributed by atoms with Crippen molar-refractivity contribution in [3.63, 3.8) is 0 Å². The Morgan fingerprint density at radius 3 is 2.43 bits per heavy atom. The monoisotopic (exact) mass is 501 g/mol. The molecule has 2 aromatic heterocycles. The van der Waals surface area contributed by atoms with Crippen LogP contribution in [0.15, 0.2) is 59.8 Å². The first-order valence-corrected chi connectivity index (χ1v) is 12.5. The zero-order chi connectivity index (χ0) is 25.4. The molecular formula is C24H25F2N5O3S. The molecule has 3 heterocycles. The molecule has 0 saturated carbocycles. The van der Waals surface area contributed by atoms with Gasteiger partial charge in [-0.3, -0.25) is 4.79 Å². The summed E-state index contributed by atoms with van der Waals surface area (Å²) in [7, 11) is -4.41. The molecule has 1 amide bonds. The van der Waals surface area contributed by atoms with Crippen molar-refractivity contribution in [1.29, 1.82) is 0 Å². The number of hydrogen-bond acceptors (Lipinski definition) is 7. The van der Waals surface area contributed by atoms with Gasteiger partial charge in [-0.15, -0.1) is 0 Å². The molecule has 1 atom stereocenters. The van der Waals surface area contributed by atoms with Gasteiger partial charge in [-0.2, -0.15) is 8.42 Å². The molecule has 1 unspecified atom stereocenters. The van der Waals surface area contributed by atoms with Crippen molar-refractivity contribution < 1.29 is 22.0 Å². The molecule has 1 aliphatic rings. The van der Waals surface area contributed by atoms with E-state index in [-0.39, 0.29) is 16.9 Å². The van der Waals surface area contributed by atoms with Crippen LogP contribution in [-0.4, -0.2) is 36.4 Å². The lowest BCUT2D eigenvalue weighted by molar-refractivity contribution is 0.0981. The van der Waals surface area contributed by atoms with Gasteiger partial charge in [0.25, 0.3) is 15.9 Å². The molecule has 0 radical (unpaired) electrons. The topological polar surface area (TPSA) is 104 Å². The molecule has 1 aromatic carbocycles. The van der Waals surface area contributed by atoms with Crippen LogP contribution in [0.25, 0.3) is 0 Å². The molecule has 1 aliphatic heterocycles. The van der Waals surface area contributed by atoms with Gasteiger partial charge >= 0.3 is 0 Å². The fourth-order valence-corrected chi connectivity index (χ4v) is 4.94. The number of carbonyl (C=O) groups excluding carboxylic acids is 1. The minimum atomic E-state index is -4.41. The van der Waals surface area contributed by atoms with Crippen molar-refractivity contribution in [2.75, 3.05) is 16.8 Å². The Balaban J connectivity index is 1.59. The number of aromatic nitrogens is 2. The van der Waals surface area contributed by atoms with E-state index in [0.717, 1.165) is 18.6 Å². The minimum Gasteiger partial charge on any atom is -0.351 e. The van der Waals surface area contributed by atoms with Crippen molar-refractivity contribution in [3.8, 4) is 0 Å². The van der Waals surface area contributed by atoms with E-state index in [0.29, 0.717) is 18.3 Å². The third kappa shape index (κ3) is 4.81. The van der Waals surface area contributed by atoms with E-state index in [1.807, 2.05) is 9.62 Å². The number of sulfonamides is 1. The summed E-state index contributed by atoms with van der Waals surface area (Å²) in [5.74, 6) is -1.95. The Hall–Kier alpha value is -3.60. The average molecular weight is 502 g/mol. The number of amides is 1. The fraction of sp³-hybridized carbons (Fsp3) is 0.292. The third-order valence-corrected chi connectivity index (χ3v) is 7.65. The zero-order valence-electron chi connectivity index (χ0n) is 19.4. The number of anilines is 3. The number of nitrogens with one attached hydrogen (secondary N) is 2. The fourth-order valence-electron chi connectivity index (χ4n) is 4.01. The zero-order valence-corrected chi connectivity index (χ0v) is 20.2. The van der Waals surface area contributed by atoms with Crippen LogP contribution in [0.1, 0.15) is 37.6 Å². The summed E-state index contributed by atoms with van der Waals surface area (Å²) in [6, 6.07) is 10.3. The van der Waals surface area contributed by atoms with E-state index in [1.54, 1.807) is 12.3 Å². The smallest absolute Gasteiger partial charge is 0.281 e. The molecule has 1 fully saturated rings. The normalized spacial score (nSPS) is 17.3. The van der Waals surface area contributed by atoms with Crippen LogP contribution in [0, 0.1) is 17.6 Å². The number of rotatable bonds is 6. The van der Waals surface area contributed by atoms with Crippen LogP contribution in [0.4, 0.5) is 26.1 Å². The van der Waals surface area contributed by atoms with Crippen LogP contribution in [0.5, 0.6) is 0 Å². The van der Waals surface area contributed by atoms with Gasteiger partial charge in [-0.25, -0.2) is 23.5 Å². The first-order chi connectivity index (χ1) is 16.5. The average Bonchev–Trinajstić information content (AvgIpc) is 3.08. The molecule has 3 aromatic rings. The number of halogens is 2. The Morgan fingerprint density at radius 2 is 1.77 bits per heavy atom. The maximum absolute atomic E-state index is 14.0. The molecule has 1 saturated heterocycles. The first kappa shape index (κ1) is 24.5. The standard InChI is InChI=1S/C24H25F2N5O3S/c1-15-12-14-31(24(15,2)3)22-16(7-6-13-27-22)23(32)30-35(33,34)20-11-5-10-19(28-20)29-21-17(25)8-4-9-18(21)26/h4-11,13,15H,12,14H2,1-3H3,(H,28,29)(H,30,32).